The van der Waals surface area contributed by atoms with Crippen molar-refractivity contribution < 1.29 is 23.8 Å². The monoisotopic (exact) mass is 256 g/mol. The van der Waals surface area contributed by atoms with Crippen molar-refractivity contribution in [3.63, 3.8) is 0 Å². The first kappa shape index (κ1) is 13.2. The van der Waals surface area contributed by atoms with E-state index >= 15 is 0 Å². The van der Waals surface area contributed by atoms with Gasteiger partial charge in [0.25, 0.3) is 0 Å². The maximum Gasteiger partial charge on any atom is 0.508 e. The van der Waals surface area contributed by atoms with Crippen LogP contribution in [-0.4, -0.2) is 31.9 Å². The summed E-state index contributed by atoms with van der Waals surface area (Å²) < 4.78 is 14.7. The second-order valence-corrected chi connectivity index (χ2v) is 5.46. The molecule has 102 valence electrons. The third-order valence-corrected chi connectivity index (χ3v) is 3.74. The van der Waals surface area contributed by atoms with Crippen molar-refractivity contribution >= 4 is 12.1 Å². The first-order valence-electron chi connectivity index (χ1n) is 6.57. The lowest BCUT2D eigenvalue weighted by Gasteiger charge is -2.29. The third-order valence-electron chi connectivity index (χ3n) is 3.74. The van der Waals surface area contributed by atoms with E-state index in [0.717, 1.165) is 6.42 Å². The van der Waals surface area contributed by atoms with E-state index in [1.165, 1.54) is 25.7 Å². The molecule has 1 heterocycles. The van der Waals surface area contributed by atoms with Crippen LogP contribution in [0.25, 0.3) is 0 Å². The maximum atomic E-state index is 11.9. The second kappa shape index (κ2) is 5.59. The number of cyclic esters (lactones) is 2. The summed E-state index contributed by atoms with van der Waals surface area (Å²) in [6.07, 6.45) is 5.29. The maximum absolute atomic E-state index is 11.9. The summed E-state index contributed by atoms with van der Waals surface area (Å²) in [7, 11) is 0. The molecular weight excluding hydrogens is 236 g/mol. The topological polar surface area (TPSA) is 61.8 Å². The molecule has 0 aromatic heterocycles. The van der Waals surface area contributed by atoms with Gasteiger partial charge in [-0.25, -0.2) is 4.79 Å². The molecule has 0 spiro atoms. The summed E-state index contributed by atoms with van der Waals surface area (Å²) in [4.78, 5) is 22.7. The number of hydrogen-bond donors (Lipinski definition) is 0. The lowest BCUT2D eigenvalue weighted by Crippen LogP contribution is -2.44. The van der Waals surface area contributed by atoms with Gasteiger partial charge in [-0.1, -0.05) is 25.7 Å². The molecule has 0 atom stereocenters. The minimum Gasteiger partial charge on any atom is -0.465 e. The highest BCUT2D eigenvalue weighted by Gasteiger charge is 2.41. The van der Waals surface area contributed by atoms with E-state index in [-0.39, 0.29) is 19.2 Å². The minimum atomic E-state index is -0.858. The van der Waals surface area contributed by atoms with E-state index in [9.17, 15) is 9.59 Å². The third kappa shape index (κ3) is 3.15. The molecule has 2 aliphatic rings. The molecule has 2 fully saturated rings. The van der Waals surface area contributed by atoms with Gasteiger partial charge in [0, 0.05) is 0 Å². The Kier molecular flexibility index (Phi) is 4.09. The molecule has 0 amide bonds. The van der Waals surface area contributed by atoms with Gasteiger partial charge >= 0.3 is 12.1 Å². The Morgan fingerprint density at radius 2 is 1.94 bits per heavy atom. The van der Waals surface area contributed by atoms with Crippen LogP contribution >= 0.6 is 0 Å². The molecule has 0 aromatic carbocycles. The predicted octanol–water partition coefficient (Wildman–Crippen LogP) is 2.28. The van der Waals surface area contributed by atoms with Crippen molar-refractivity contribution in [1.82, 2.24) is 0 Å². The van der Waals surface area contributed by atoms with Crippen molar-refractivity contribution in [2.24, 2.45) is 11.3 Å². The Morgan fingerprint density at radius 3 is 2.56 bits per heavy atom. The van der Waals surface area contributed by atoms with Crippen LogP contribution in [0.1, 0.15) is 39.0 Å². The number of ether oxygens (including phenoxy) is 3. The van der Waals surface area contributed by atoms with E-state index in [1.54, 1.807) is 6.92 Å². The van der Waals surface area contributed by atoms with Crippen LogP contribution in [0.15, 0.2) is 0 Å². The van der Waals surface area contributed by atoms with Crippen LogP contribution in [0.3, 0.4) is 0 Å². The Bertz CT molecular complexity index is 309. The molecule has 0 N–H and O–H groups in total. The molecule has 0 aromatic rings. The highest BCUT2D eigenvalue weighted by atomic mass is 16.7. The lowest BCUT2D eigenvalue weighted by molar-refractivity contribution is -0.166. The molecule has 1 aliphatic carbocycles. The van der Waals surface area contributed by atoms with Crippen LogP contribution in [0, 0.1) is 11.3 Å². The van der Waals surface area contributed by atoms with Crippen LogP contribution < -0.4 is 0 Å². The first-order chi connectivity index (χ1) is 8.60. The summed E-state index contributed by atoms with van der Waals surface area (Å²) in [5.41, 5.74) is -0.858. The van der Waals surface area contributed by atoms with E-state index < -0.39 is 11.6 Å². The lowest BCUT2D eigenvalue weighted by atomic mass is 9.92. The van der Waals surface area contributed by atoms with Crippen LogP contribution in [0.5, 0.6) is 0 Å². The van der Waals surface area contributed by atoms with Gasteiger partial charge in [0.1, 0.15) is 18.6 Å². The van der Waals surface area contributed by atoms with E-state index in [4.69, 9.17) is 14.2 Å². The molecule has 18 heavy (non-hydrogen) atoms. The van der Waals surface area contributed by atoms with Gasteiger partial charge in [-0.3, -0.25) is 4.79 Å². The number of hydrogen-bond acceptors (Lipinski definition) is 5. The molecule has 5 heteroatoms. The molecule has 0 bridgehead atoms. The fourth-order valence-corrected chi connectivity index (χ4v) is 2.43. The minimum absolute atomic E-state index is 0.0358. The SMILES string of the molecule is CC1(C(=O)OCCC2CCCC2)COC(=O)OC1. The molecule has 1 aliphatic heterocycles. The fourth-order valence-electron chi connectivity index (χ4n) is 2.43. The standard InChI is InChI=1S/C13H20O5/c1-13(8-17-12(15)18-9-13)11(14)16-7-6-10-4-2-3-5-10/h10H,2-9H2,1H3. The van der Waals surface area contributed by atoms with Gasteiger partial charge in [0.05, 0.1) is 6.61 Å². The zero-order valence-corrected chi connectivity index (χ0v) is 10.8. The average Bonchev–Trinajstić information content (AvgIpc) is 2.86. The predicted molar refractivity (Wildman–Crippen MR) is 62.9 cm³/mol. The molecule has 0 radical (unpaired) electrons. The zero-order chi connectivity index (χ0) is 13.0. The summed E-state index contributed by atoms with van der Waals surface area (Å²) in [5, 5.41) is 0. The van der Waals surface area contributed by atoms with E-state index in [2.05, 4.69) is 0 Å². The average molecular weight is 256 g/mol. The van der Waals surface area contributed by atoms with Gasteiger partial charge in [-0.15, -0.1) is 0 Å². The summed E-state index contributed by atoms with van der Waals surface area (Å²) in [6.45, 7) is 2.21. The summed E-state index contributed by atoms with van der Waals surface area (Å²) in [5.74, 6) is 0.360. The quantitative estimate of drug-likeness (QED) is 0.722. The number of esters is 1. The van der Waals surface area contributed by atoms with Crippen molar-refractivity contribution in [2.45, 2.75) is 39.0 Å². The Balaban J connectivity index is 1.71. The van der Waals surface area contributed by atoms with Crippen molar-refractivity contribution in [3.05, 3.63) is 0 Å². The Hall–Kier alpha value is -1.26. The molecule has 5 nitrogen and oxygen atoms in total. The molecule has 2 rings (SSSR count). The molecule has 1 saturated carbocycles. The first-order valence-corrected chi connectivity index (χ1v) is 6.57. The summed E-state index contributed by atoms with van der Waals surface area (Å²) >= 11 is 0. The van der Waals surface area contributed by atoms with E-state index in [0.29, 0.717) is 12.5 Å². The van der Waals surface area contributed by atoms with Crippen LogP contribution in [0.4, 0.5) is 4.79 Å². The van der Waals surface area contributed by atoms with Crippen molar-refractivity contribution in [1.29, 1.82) is 0 Å². The fraction of sp³-hybridized carbons (Fsp3) is 0.846. The van der Waals surface area contributed by atoms with Gasteiger partial charge in [-0.2, -0.15) is 0 Å². The Labute approximate surface area is 107 Å². The zero-order valence-electron chi connectivity index (χ0n) is 10.8. The smallest absolute Gasteiger partial charge is 0.465 e. The molecule has 0 unspecified atom stereocenters. The number of rotatable bonds is 4. The van der Waals surface area contributed by atoms with Gasteiger partial charge < -0.3 is 14.2 Å². The highest BCUT2D eigenvalue weighted by molar-refractivity contribution is 5.78. The Morgan fingerprint density at radius 1 is 1.33 bits per heavy atom. The van der Waals surface area contributed by atoms with E-state index in [1.807, 2.05) is 0 Å². The van der Waals surface area contributed by atoms with Gasteiger partial charge in [0.15, 0.2) is 0 Å². The van der Waals surface area contributed by atoms with Crippen LogP contribution in [-0.2, 0) is 19.0 Å². The second-order valence-electron chi connectivity index (χ2n) is 5.46. The van der Waals surface area contributed by atoms with Gasteiger partial charge in [0.2, 0.25) is 0 Å². The van der Waals surface area contributed by atoms with Crippen molar-refractivity contribution in [2.75, 3.05) is 19.8 Å². The van der Waals surface area contributed by atoms with Crippen molar-refractivity contribution in [3.8, 4) is 0 Å². The largest absolute Gasteiger partial charge is 0.508 e. The number of carbonyl (C=O) groups is 2. The summed E-state index contributed by atoms with van der Waals surface area (Å²) in [6, 6.07) is 0. The molecular formula is C13H20O5. The highest BCUT2D eigenvalue weighted by Crippen LogP contribution is 2.28. The van der Waals surface area contributed by atoms with Gasteiger partial charge in [-0.05, 0) is 19.3 Å². The number of carbonyl (C=O) groups excluding carboxylic acids is 2. The van der Waals surface area contributed by atoms with Crippen LogP contribution in [0.2, 0.25) is 0 Å². The normalized spacial score (nSPS) is 23.3. The molecule has 1 saturated heterocycles.